The molecule has 2 aliphatic rings. The van der Waals surface area contributed by atoms with Crippen molar-refractivity contribution in [1.29, 1.82) is 0 Å². The van der Waals surface area contributed by atoms with Crippen molar-refractivity contribution >= 4 is 11.6 Å². The fraction of sp³-hybridized carbons (Fsp3) is 0.519. The third-order valence-electron chi connectivity index (χ3n) is 7.19. The summed E-state index contributed by atoms with van der Waals surface area (Å²) in [6.07, 6.45) is -6.49. The van der Waals surface area contributed by atoms with Gasteiger partial charge in [0.25, 0.3) is 0 Å². The largest absolute Gasteiger partial charge is 0.416 e. The molecule has 2 unspecified atom stereocenters. The number of amides is 1. The highest BCUT2D eigenvalue weighted by Crippen LogP contribution is 2.37. The van der Waals surface area contributed by atoms with Crippen LogP contribution in [0, 0.1) is 18.7 Å². The molecule has 4 rings (SSSR count). The molecule has 1 saturated carbocycles. The Kier molecular flexibility index (Phi) is 7.97. The predicted molar refractivity (Wildman–Crippen MR) is 129 cm³/mol. The molecule has 11 heteroatoms. The number of halogens is 7. The van der Waals surface area contributed by atoms with Gasteiger partial charge in [-0.05, 0) is 92.6 Å². The number of hydrogen-bond acceptors (Lipinski definition) is 3. The van der Waals surface area contributed by atoms with E-state index in [0.29, 0.717) is 42.3 Å². The molecular weight excluding hydrogens is 515 g/mol. The lowest BCUT2D eigenvalue weighted by Crippen LogP contribution is -2.55. The molecule has 1 aliphatic heterocycles. The molecule has 2 fully saturated rings. The van der Waals surface area contributed by atoms with Crippen LogP contribution in [0.4, 0.5) is 36.4 Å². The third-order valence-corrected chi connectivity index (χ3v) is 7.19. The van der Waals surface area contributed by atoms with Gasteiger partial charge in [0.15, 0.2) is 0 Å². The van der Waals surface area contributed by atoms with Gasteiger partial charge in [-0.2, -0.15) is 26.3 Å². The summed E-state index contributed by atoms with van der Waals surface area (Å²) in [6.45, 7) is 2.61. The number of nitrogens with zero attached hydrogens (tertiary/aromatic N) is 2. The van der Waals surface area contributed by atoms with Gasteiger partial charge < -0.3 is 15.1 Å². The van der Waals surface area contributed by atoms with Crippen molar-refractivity contribution in [3.63, 3.8) is 0 Å². The molecule has 2 aromatic rings. The number of hydrogen-bond donors (Lipinski definition) is 1. The second-order valence-corrected chi connectivity index (χ2v) is 10.3. The van der Waals surface area contributed by atoms with Crippen LogP contribution in [0.3, 0.4) is 0 Å². The molecule has 0 bridgehead atoms. The van der Waals surface area contributed by atoms with E-state index in [1.54, 1.807) is 13.0 Å². The van der Waals surface area contributed by atoms with Crippen LogP contribution >= 0.6 is 0 Å². The summed E-state index contributed by atoms with van der Waals surface area (Å²) in [5, 5.41) is 3.49. The van der Waals surface area contributed by atoms with Crippen LogP contribution in [0.1, 0.15) is 47.9 Å². The first kappa shape index (κ1) is 28.2. The first-order valence-electron chi connectivity index (χ1n) is 12.5. The zero-order chi connectivity index (χ0) is 27.8. The molecule has 0 spiro atoms. The molecule has 2 atom stereocenters. The van der Waals surface area contributed by atoms with E-state index >= 15 is 0 Å². The van der Waals surface area contributed by atoms with Gasteiger partial charge in [-0.15, -0.1) is 0 Å². The summed E-state index contributed by atoms with van der Waals surface area (Å²) in [5.41, 5.74) is -1.83. The maximum Gasteiger partial charge on any atom is 0.416 e. The SMILES string of the molecule is Cc1cc(F)ccc1N1CCC(NCC2CC2)CC1C(=O)N(C)Cc1cc(C(F)(F)F)cc(C(F)(F)F)c1. The Bertz CT molecular complexity index is 1130. The number of aryl methyl sites for hydroxylation is 1. The average molecular weight is 546 g/mol. The monoisotopic (exact) mass is 545 g/mol. The van der Waals surface area contributed by atoms with Crippen molar-refractivity contribution < 1.29 is 35.5 Å². The maximum atomic E-state index is 13.8. The van der Waals surface area contributed by atoms with Gasteiger partial charge in [-0.3, -0.25) is 4.79 Å². The topological polar surface area (TPSA) is 35.6 Å². The van der Waals surface area contributed by atoms with Gasteiger partial charge in [0.1, 0.15) is 11.9 Å². The van der Waals surface area contributed by atoms with Crippen molar-refractivity contribution in [2.24, 2.45) is 5.92 Å². The van der Waals surface area contributed by atoms with Crippen molar-refractivity contribution in [1.82, 2.24) is 10.2 Å². The summed E-state index contributed by atoms with van der Waals surface area (Å²) in [6, 6.07) is 4.91. The average Bonchev–Trinajstić information content (AvgIpc) is 3.66. The number of rotatable bonds is 7. The Hall–Kier alpha value is -2.82. The molecular formula is C27H30F7N3O. The Morgan fingerprint density at radius 1 is 1.00 bits per heavy atom. The molecule has 208 valence electrons. The minimum absolute atomic E-state index is 0.0281. The number of carbonyl (C=O) groups excluding carboxylic acids is 1. The van der Waals surface area contributed by atoms with Crippen molar-refractivity contribution in [2.45, 2.75) is 63.6 Å². The normalized spacial score (nSPS) is 20.5. The number of piperidine rings is 1. The lowest BCUT2D eigenvalue weighted by Gasteiger charge is -2.42. The summed E-state index contributed by atoms with van der Waals surface area (Å²) in [4.78, 5) is 16.7. The van der Waals surface area contributed by atoms with E-state index in [4.69, 9.17) is 0 Å². The molecule has 1 saturated heterocycles. The number of carbonyl (C=O) groups is 1. The zero-order valence-electron chi connectivity index (χ0n) is 21.1. The van der Waals surface area contributed by atoms with E-state index in [1.165, 1.54) is 19.2 Å². The van der Waals surface area contributed by atoms with Crippen LogP contribution < -0.4 is 10.2 Å². The zero-order valence-corrected chi connectivity index (χ0v) is 21.1. The number of anilines is 1. The molecule has 1 amide bonds. The quantitative estimate of drug-likeness (QED) is 0.423. The second-order valence-electron chi connectivity index (χ2n) is 10.3. The Morgan fingerprint density at radius 3 is 2.18 bits per heavy atom. The molecule has 0 aromatic heterocycles. The molecule has 2 aromatic carbocycles. The first-order valence-corrected chi connectivity index (χ1v) is 12.5. The Morgan fingerprint density at radius 2 is 1.63 bits per heavy atom. The number of alkyl halides is 6. The number of benzene rings is 2. The Balaban J connectivity index is 1.59. The van der Waals surface area contributed by atoms with Crippen LogP contribution in [-0.2, 0) is 23.7 Å². The highest BCUT2D eigenvalue weighted by atomic mass is 19.4. The van der Waals surface area contributed by atoms with Gasteiger partial charge in [-0.25, -0.2) is 4.39 Å². The third kappa shape index (κ3) is 6.78. The van der Waals surface area contributed by atoms with Gasteiger partial charge >= 0.3 is 12.4 Å². The van der Waals surface area contributed by atoms with Crippen LogP contribution in [0.2, 0.25) is 0 Å². The minimum atomic E-state index is -4.97. The van der Waals surface area contributed by atoms with Crippen molar-refractivity contribution in [2.75, 3.05) is 25.0 Å². The lowest BCUT2D eigenvalue weighted by atomic mass is 9.94. The summed E-state index contributed by atoms with van der Waals surface area (Å²) >= 11 is 0. The van der Waals surface area contributed by atoms with Crippen LogP contribution in [0.15, 0.2) is 36.4 Å². The molecule has 38 heavy (non-hydrogen) atoms. The van der Waals surface area contributed by atoms with E-state index in [-0.39, 0.29) is 17.7 Å². The lowest BCUT2D eigenvalue weighted by molar-refractivity contribution is -0.143. The predicted octanol–water partition coefficient (Wildman–Crippen LogP) is 6.17. The smallest absolute Gasteiger partial charge is 0.359 e. The standard InChI is InChI=1S/C27H30F7N3O/c1-16-9-21(28)5-6-23(16)37-8-7-22(35-14-17-3-4-17)13-24(37)25(38)36(2)15-18-10-19(26(29,30)31)12-20(11-18)27(32,33)34/h5-6,9-12,17,22,24,35H,3-4,7-8,13-15H2,1-2H3. The van der Waals surface area contributed by atoms with Crippen molar-refractivity contribution in [3.8, 4) is 0 Å². The fourth-order valence-corrected chi connectivity index (χ4v) is 4.99. The first-order chi connectivity index (χ1) is 17.7. The van der Waals surface area contributed by atoms with E-state index in [2.05, 4.69) is 5.32 Å². The molecule has 1 aliphatic carbocycles. The van der Waals surface area contributed by atoms with Crippen molar-refractivity contribution in [3.05, 3.63) is 64.5 Å². The molecule has 1 N–H and O–H groups in total. The van der Waals surface area contributed by atoms with E-state index in [0.717, 1.165) is 30.7 Å². The minimum Gasteiger partial charge on any atom is -0.359 e. The van der Waals surface area contributed by atoms with E-state index < -0.39 is 47.8 Å². The summed E-state index contributed by atoms with van der Waals surface area (Å²) < 4.78 is 93.7. The highest BCUT2D eigenvalue weighted by Gasteiger charge is 2.39. The van der Waals surface area contributed by atoms with Gasteiger partial charge in [0.05, 0.1) is 11.1 Å². The van der Waals surface area contributed by atoms with E-state index in [9.17, 15) is 35.5 Å². The van der Waals surface area contributed by atoms with Crippen LogP contribution in [0.25, 0.3) is 0 Å². The number of nitrogens with one attached hydrogen (secondary N) is 1. The molecule has 1 heterocycles. The van der Waals surface area contributed by atoms with Crippen LogP contribution in [-0.4, -0.2) is 43.0 Å². The Labute approximate surface area is 216 Å². The van der Waals surface area contributed by atoms with Gasteiger partial charge in [-0.1, -0.05) is 0 Å². The fourth-order valence-electron chi connectivity index (χ4n) is 4.99. The van der Waals surface area contributed by atoms with Gasteiger partial charge in [0.2, 0.25) is 5.91 Å². The molecule has 4 nitrogen and oxygen atoms in total. The van der Waals surface area contributed by atoms with Gasteiger partial charge in [0, 0.05) is 31.9 Å². The highest BCUT2D eigenvalue weighted by molar-refractivity contribution is 5.86. The van der Waals surface area contributed by atoms with E-state index in [1.807, 2.05) is 4.90 Å². The second kappa shape index (κ2) is 10.7. The maximum absolute atomic E-state index is 13.8. The summed E-state index contributed by atoms with van der Waals surface area (Å²) in [7, 11) is 1.37. The molecule has 0 radical (unpaired) electrons. The summed E-state index contributed by atoms with van der Waals surface area (Å²) in [5.74, 6) is -0.234. The number of likely N-dealkylation sites (N-methyl/N-ethyl adjacent to an activating group) is 1. The van der Waals surface area contributed by atoms with Crippen LogP contribution in [0.5, 0.6) is 0 Å².